The lowest BCUT2D eigenvalue weighted by molar-refractivity contribution is 0.507. The average molecular weight is 200 g/mol. The molecule has 76 valence electrons. The summed E-state index contributed by atoms with van der Waals surface area (Å²) in [5.74, 6) is 3.20. The molecule has 0 amide bonds. The van der Waals surface area contributed by atoms with E-state index in [0.717, 1.165) is 12.1 Å². The van der Waals surface area contributed by atoms with Crippen molar-refractivity contribution in [1.82, 2.24) is 5.43 Å². The molecule has 0 heterocycles. The van der Waals surface area contributed by atoms with Crippen LogP contribution in [0, 0.1) is 11.6 Å². The number of nitrogens with one attached hydrogen (secondary N) is 1. The zero-order chi connectivity index (χ0) is 10.6. The van der Waals surface area contributed by atoms with Gasteiger partial charge in [0.15, 0.2) is 11.6 Å². The first kappa shape index (κ1) is 10.4. The van der Waals surface area contributed by atoms with Crippen molar-refractivity contribution in [2.24, 2.45) is 16.6 Å². The summed E-state index contributed by atoms with van der Waals surface area (Å²) in [6.45, 7) is 0.146. The highest BCUT2D eigenvalue weighted by molar-refractivity contribution is 5.77. The van der Waals surface area contributed by atoms with E-state index < -0.39 is 11.6 Å². The van der Waals surface area contributed by atoms with Crippen LogP contribution >= 0.6 is 0 Å². The highest BCUT2D eigenvalue weighted by Gasteiger charge is 2.01. The summed E-state index contributed by atoms with van der Waals surface area (Å²) in [5.41, 5.74) is 7.87. The second-order valence-corrected chi connectivity index (χ2v) is 2.59. The van der Waals surface area contributed by atoms with Gasteiger partial charge in [0.2, 0.25) is 5.96 Å². The lowest BCUT2D eigenvalue weighted by atomic mass is 10.2. The predicted octanol–water partition coefficient (Wildman–Crippen LogP) is 0.243. The van der Waals surface area contributed by atoms with E-state index in [1.54, 1.807) is 0 Å². The number of hydrogen-bond acceptors (Lipinski definition) is 2. The molecule has 0 unspecified atom stereocenters. The van der Waals surface area contributed by atoms with E-state index in [4.69, 9.17) is 11.6 Å². The van der Waals surface area contributed by atoms with E-state index in [1.165, 1.54) is 6.07 Å². The first-order chi connectivity index (χ1) is 6.63. The number of hydrazine groups is 1. The number of rotatable bonds is 2. The van der Waals surface area contributed by atoms with Gasteiger partial charge < -0.3 is 5.73 Å². The molecule has 5 N–H and O–H groups in total. The normalized spacial score (nSPS) is 11.5. The molecule has 0 saturated heterocycles. The molecule has 0 aliphatic rings. The van der Waals surface area contributed by atoms with Gasteiger partial charge in [-0.15, -0.1) is 0 Å². The van der Waals surface area contributed by atoms with Crippen LogP contribution in [-0.4, -0.2) is 5.96 Å². The minimum atomic E-state index is -0.906. The van der Waals surface area contributed by atoms with E-state index in [2.05, 4.69) is 10.4 Å². The predicted molar refractivity (Wildman–Crippen MR) is 49.0 cm³/mol. The van der Waals surface area contributed by atoms with Gasteiger partial charge in [-0.3, -0.25) is 5.43 Å². The number of benzene rings is 1. The minimum Gasteiger partial charge on any atom is -0.369 e. The van der Waals surface area contributed by atoms with Crippen LogP contribution in [-0.2, 0) is 6.54 Å². The third-order valence-electron chi connectivity index (χ3n) is 1.56. The third kappa shape index (κ3) is 2.67. The van der Waals surface area contributed by atoms with Crippen molar-refractivity contribution in [1.29, 1.82) is 0 Å². The fraction of sp³-hybridized carbons (Fsp3) is 0.125. The molecule has 0 aliphatic heterocycles. The molecule has 1 aromatic carbocycles. The van der Waals surface area contributed by atoms with Crippen LogP contribution < -0.4 is 17.0 Å². The fourth-order valence-electron chi connectivity index (χ4n) is 0.860. The molecule has 0 radical (unpaired) electrons. The second kappa shape index (κ2) is 4.52. The van der Waals surface area contributed by atoms with E-state index in [9.17, 15) is 8.78 Å². The monoisotopic (exact) mass is 200 g/mol. The van der Waals surface area contributed by atoms with Gasteiger partial charge in [-0.25, -0.2) is 19.6 Å². The van der Waals surface area contributed by atoms with Crippen LogP contribution in [0.5, 0.6) is 0 Å². The third-order valence-corrected chi connectivity index (χ3v) is 1.56. The summed E-state index contributed by atoms with van der Waals surface area (Å²) in [6, 6.07) is 3.51. The summed E-state index contributed by atoms with van der Waals surface area (Å²) in [7, 11) is 0. The number of aliphatic imine (C=N–C) groups is 1. The molecule has 1 aromatic rings. The zero-order valence-corrected chi connectivity index (χ0v) is 7.30. The van der Waals surface area contributed by atoms with Gasteiger partial charge in [0.05, 0.1) is 6.54 Å². The molecule has 0 bridgehead atoms. The summed E-state index contributed by atoms with van der Waals surface area (Å²) < 4.78 is 25.2. The first-order valence-electron chi connectivity index (χ1n) is 3.84. The van der Waals surface area contributed by atoms with Crippen LogP contribution in [0.4, 0.5) is 8.78 Å². The molecular formula is C8H10F2N4. The zero-order valence-electron chi connectivity index (χ0n) is 7.30. The molecule has 1 rings (SSSR count). The average Bonchev–Trinajstić information content (AvgIpc) is 2.19. The molecule has 0 aromatic heterocycles. The number of guanidine groups is 1. The van der Waals surface area contributed by atoms with Crippen LogP contribution in [0.3, 0.4) is 0 Å². The summed E-state index contributed by atoms with van der Waals surface area (Å²) in [6.07, 6.45) is 0. The minimum absolute atomic E-state index is 0.0368. The number of halogens is 2. The number of nitrogens with zero attached hydrogens (tertiary/aromatic N) is 1. The Hall–Kier alpha value is -1.69. The Bertz CT molecular complexity index is 351. The first-order valence-corrected chi connectivity index (χ1v) is 3.84. The lowest BCUT2D eigenvalue weighted by Gasteiger charge is -2.00. The van der Waals surface area contributed by atoms with Gasteiger partial charge in [-0.1, -0.05) is 6.07 Å². The van der Waals surface area contributed by atoms with Crippen molar-refractivity contribution in [2.75, 3.05) is 0 Å². The maximum absolute atomic E-state index is 12.7. The molecule has 14 heavy (non-hydrogen) atoms. The Labute approximate surface area is 79.6 Å². The number of hydrogen-bond donors (Lipinski definition) is 3. The smallest absolute Gasteiger partial charge is 0.203 e. The standard InChI is InChI=1S/C8H10F2N4/c9-6-2-1-5(3-7(6)10)4-13-8(11)14-12/h1-3H,4,12H2,(H3,11,13,14). The van der Waals surface area contributed by atoms with E-state index >= 15 is 0 Å². The summed E-state index contributed by atoms with van der Waals surface area (Å²) in [5, 5.41) is 0. The largest absolute Gasteiger partial charge is 0.369 e. The highest BCUT2D eigenvalue weighted by atomic mass is 19.2. The Morgan fingerprint density at radius 1 is 1.36 bits per heavy atom. The molecule has 0 fully saturated rings. The molecule has 0 spiro atoms. The van der Waals surface area contributed by atoms with Gasteiger partial charge in [-0.2, -0.15) is 0 Å². The SMILES string of the molecule is NNC(N)=NCc1ccc(F)c(F)c1. The maximum atomic E-state index is 12.7. The topological polar surface area (TPSA) is 76.4 Å². The van der Waals surface area contributed by atoms with Crippen molar-refractivity contribution < 1.29 is 8.78 Å². The van der Waals surface area contributed by atoms with Crippen LogP contribution in [0.25, 0.3) is 0 Å². The van der Waals surface area contributed by atoms with Gasteiger partial charge >= 0.3 is 0 Å². The van der Waals surface area contributed by atoms with Crippen molar-refractivity contribution in [2.45, 2.75) is 6.54 Å². The van der Waals surface area contributed by atoms with Crippen molar-refractivity contribution in [3.8, 4) is 0 Å². The Kier molecular flexibility index (Phi) is 3.35. The van der Waals surface area contributed by atoms with E-state index in [1.807, 2.05) is 0 Å². The quantitative estimate of drug-likeness (QED) is 0.277. The summed E-state index contributed by atoms with van der Waals surface area (Å²) in [4.78, 5) is 3.75. The highest BCUT2D eigenvalue weighted by Crippen LogP contribution is 2.09. The van der Waals surface area contributed by atoms with Gasteiger partial charge in [0.25, 0.3) is 0 Å². The Morgan fingerprint density at radius 2 is 2.07 bits per heavy atom. The van der Waals surface area contributed by atoms with Crippen LogP contribution in [0.2, 0.25) is 0 Å². The molecule has 6 heteroatoms. The fourth-order valence-corrected chi connectivity index (χ4v) is 0.860. The van der Waals surface area contributed by atoms with Crippen LogP contribution in [0.15, 0.2) is 23.2 Å². The van der Waals surface area contributed by atoms with E-state index in [-0.39, 0.29) is 12.5 Å². The molecule has 4 nitrogen and oxygen atoms in total. The van der Waals surface area contributed by atoms with Gasteiger partial charge in [0, 0.05) is 0 Å². The lowest BCUT2D eigenvalue weighted by Crippen LogP contribution is -2.37. The molecular weight excluding hydrogens is 190 g/mol. The summed E-state index contributed by atoms with van der Waals surface area (Å²) >= 11 is 0. The number of nitrogens with two attached hydrogens (primary N) is 2. The molecule has 0 aliphatic carbocycles. The van der Waals surface area contributed by atoms with Crippen molar-refractivity contribution in [3.05, 3.63) is 35.4 Å². The second-order valence-electron chi connectivity index (χ2n) is 2.59. The van der Waals surface area contributed by atoms with Gasteiger partial charge in [-0.05, 0) is 17.7 Å². The maximum Gasteiger partial charge on any atom is 0.203 e. The Balaban J connectivity index is 2.73. The molecule has 0 atom stereocenters. The Morgan fingerprint density at radius 3 is 2.64 bits per heavy atom. The van der Waals surface area contributed by atoms with Crippen molar-refractivity contribution >= 4 is 5.96 Å². The van der Waals surface area contributed by atoms with Gasteiger partial charge in [0.1, 0.15) is 0 Å². The van der Waals surface area contributed by atoms with E-state index in [0.29, 0.717) is 5.56 Å². The van der Waals surface area contributed by atoms with Crippen molar-refractivity contribution in [3.63, 3.8) is 0 Å². The molecule has 0 saturated carbocycles. The van der Waals surface area contributed by atoms with Crippen LogP contribution in [0.1, 0.15) is 5.56 Å².